The highest BCUT2D eigenvalue weighted by Crippen LogP contribution is 2.37. The van der Waals surface area contributed by atoms with Crippen LogP contribution in [-0.2, 0) is 13.2 Å². The molecule has 0 aliphatic heterocycles. The first-order chi connectivity index (χ1) is 12.7. The number of halogens is 1. The van der Waals surface area contributed by atoms with Crippen molar-refractivity contribution in [3.63, 3.8) is 0 Å². The van der Waals surface area contributed by atoms with Crippen LogP contribution in [0.2, 0.25) is 0 Å². The van der Waals surface area contributed by atoms with E-state index in [2.05, 4.69) is 46.4 Å². The van der Waals surface area contributed by atoms with Gasteiger partial charge in [0.25, 0.3) is 0 Å². The van der Waals surface area contributed by atoms with Crippen LogP contribution >= 0.6 is 15.9 Å². The van der Waals surface area contributed by atoms with Crippen molar-refractivity contribution >= 4 is 15.9 Å². The van der Waals surface area contributed by atoms with Gasteiger partial charge in [0.15, 0.2) is 11.5 Å². The quantitative estimate of drug-likeness (QED) is 0.520. The van der Waals surface area contributed by atoms with Gasteiger partial charge in [-0.3, -0.25) is 0 Å². The summed E-state index contributed by atoms with van der Waals surface area (Å²) < 4.78 is 12.5. The van der Waals surface area contributed by atoms with Gasteiger partial charge in [-0.1, -0.05) is 24.3 Å². The highest BCUT2D eigenvalue weighted by Gasteiger charge is 2.12. The summed E-state index contributed by atoms with van der Waals surface area (Å²) >= 11 is 3.61. The molecule has 26 heavy (non-hydrogen) atoms. The van der Waals surface area contributed by atoms with Gasteiger partial charge < -0.3 is 19.9 Å². The van der Waals surface area contributed by atoms with Crippen LogP contribution < -0.4 is 14.8 Å². The monoisotopic (exact) mass is 421 g/mol. The second-order valence-corrected chi connectivity index (χ2v) is 7.14. The third-order valence-electron chi connectivity index (χ3n) is 4.26. The van der Waals surface area contributed by atoms with E-state index in [-0.39, 0.29) is 6.61 Å². The van der Waals surface area contributed by atoms with E-state index in [9.17, 15) is 0 Å². The van der Waals surface area contributed by atoms with Crippen LogP contribution in [0.25, 0.3) is 0 Å². The lowest BCUT2D eigenvalue weighted by atomic mass is 10.1. The number of unbranched alkanes of at least 4 members (excludes halogenated alkanes) is 2. The van der Waals surface area contributed by atoms with Crippen LogP contribution in [0.4, 0.5) is 0 Å². The summed E-state index contributed by atoms with van der Waals surface area (Å²) in [5.41, 5.74) is 3.51. The van der Waals surface area contributed by atoms with Crippen LogP contribution in [0.5, 0.6) is 11.5 Å². The van der Waals surface area contributed by atoms with Crippen molar-refractivity contribution in [2.75, 3.05) is 20.3 Å². The molecule has 0 fully saturated rings. The Morgan fingerprint density at radius 2 is 1.92 bits per heavy atom. The number of nitrogens with one attached hydrogen (secondary N) is 1. The number of methoxy groups -OCH3 is 1. The molecule has 0 saturated carbocycles. The molecule has 0 spiro atoms. The second kappa shape index (κ2) is 11.2. The largest absolute Gasteiger partial charge is 0.493 e. The molecule has 0 bridgehead atoms. The number of benzene rings is 2. The third-order valence-corrected chi connectivity index (χ3v) is 4.85. The molecule has 4 nitrogen and oxygen atoms in total. The molecular weight excluding hydrogens is 394 g/mol. The standard InChI is InChI=1S/C21H28BrNO3/c1-16-8-4-5-9-18(16)15-26-21-19(22)12-17(13-20(21)25-2)14-23-10-6-3-7-11-24/h4-5,8-9,12-13,23-24H,3,6-7,10-11,14-15H2,1-2H3. The fraction of sp³-hybridized carbons (Fsp3) is 0.429. The van der Waals surface area contributed by atoms with E-state index in [4.69, 9.17) is 14.6 Å². The van der Waals surface area contributed by atoms with E-state index < -0.39 is 0 Å². The first-order valence-electron chi connectivity index (χ1n) is 9.01. The molecular formula is C21H28BrNO3. The van der Waals surface area contributed by atoms with E-state index in [1.807, 2.05) is 18.2 Å². The number of hydrogen-bond donors (Lipinski definition) is 2. The molecule has 2 aromatic rings. The minimum atomic E-state index is 0.272. The predicted octanol–water partition coefficient (Wildman–Crippen LogP) is 4.60. The number of ether oxygens (including phenoxy) is 2. The van der Waals surface area contributed by atoms with Crippen molar-refractivity contribution in [3.8, 4) is 11.5 Å². The van der Waals surface area contributed by atoms with Gasteiger partial charge in [0, 0.05) is 13.2 Å². The van der Waals surface area contributed by atoms with Crippen molar-refractivity contribution in [2.24, 2.45) is 0 Å². The average molecular weight is 422 g/mol. The Morgan fingerprint density at radius 3 is 2.65 bits per heavy atom. The summed E-state index contributed by atoms with van der Waals surface area (Å²) in [6.07, 6.45) is 2.98. The maximum atomic E-state index is 8.80. The number of aliphatic hydroxyl groups is 1. The molecule has 2 aromatic carbocycles. The SMILES string of the molecule is COc1cc(CNCCCCCO)cc(Br)c1OCc1ccccc1C. The van der Waals surface area contributed by atoms with Gasteiger partial charge in [-0.05, 0) is 77.5 Å². The summed E-state index contributed by atoms with van der Waals surface area (Å²) in [7, 11) is 1.66. The van der Waals surface area contributed by atoms with Gasteiger partial charge in [-0.15, -0.1) is 0 Å². The molecule has 2 rings (SSSR count). The molecule has 0 aromatic heterocycles. The number of aryl methyl sites for hydroxylation is 1. The molecule has 0 heterocycles. The van der Waals surface area contributed by atoms with Crippen molar-refractivity contribution < 1.29 is 14.6 Å². The zero-order valence-electron chi connectivity index (χ0n) is 15.6. The second-order valence-electron chi connectivity index (χ2n) is 6.29. The highest BCUT2D eigenvalue weighted by atomic mass is 79.9. The van der Waals surface area contributed by atoms with Gasteiger partial charge in [0.1, 0.15) is 6.61 Å². The fourth-order valence-corrected chi connectivity index (χ4v) is 3.31. The van der Waals surface area contributed by atoms with E-state index in [0.717, 1.165) is 59.5 Å². The lowest BCUT2D eigenvalue weighted by Crippen LogP contribution is -2.15. The summed E-state index contributed by atoms with van der Waals surface area (Å²) in [5, 5.41) is 12.2. The molecule has 0 aliphatic carbocycles. The Labute approximate surface area is 164 Å². The molecule has 0 radical (unpaired) electrons. The normalized spacial score (nSPS) is 10.8. The summed E-state index contributed by atoms with van der Waals surface area (Å²) in [6.45, 7) is 4.57. The zero-order chi connectivity index (χ0) is 18.8. The molecule has 2 N–H and O–H groups in total. The smallest absolute Gasteiger partial charge is 0.175 e. The number of hydrogen-bond acceptors (Lipinski definition) is 4. The van der Waals surface area contributed by atoms with Crippen LogP contribution in [0.1, 0.15) is 36.0 Å². The molecule has 5 heteroatoms. The van der Waals surface area contributed by atoms with Gasteiger partial charge >= 0.3 is 0 Å². The van der Waals surface area contributed by atoms with E-state index in [1.165, 1.54) is 5.56 Å². The van der Waals surface area contributed by atoms with Gasteiger partial charge in [-0.2, -0.15) is 0 Å². The van der Waals surface area contributed by atoms with Crippen molar-refractivity contribution in [2.45, 2.75) is 39.3 Å². The summed E-state index contributed by atoms with van der Waals surface area (Å²) in [5.74, 6) is 1.45. The lowest BCUT2D eigenvalue weighted by molar-refractivity contribution is 0.281. The summed E-state index contributed by atoms with van der Waals surface area (Å²) in [6, 6.07) is 12.3. The average Bonchev–Trinajstić information content (AvgIpc) is 2.64. The Balaban J connectivity index is 1.96. The Morgan fingerprint density at radius 1 is 1.12 bits per heavy atom. The Bertz CT molecular complexity index is 691. The van der Waals surface area contributed by atoms with Crippen LogP contribution in [0.3, 0.4) is 0 Å². The molecule has 0 unspecified atom stereocenters. The van der Waals surface area contributed by atoms with Crippen LogP contribution in [0, 0.1) is 6.92 Å². The first-order valence-corrected chi connectivity index (χ1v) is 9.80. The fourth-order valence-electron chi connectivity index (χ4n) is 2.71. The van der Waals surface area contributed by atoms with Crippen molar-refractivity contribution in [1.29, 1.82) is 0 Å². The molecule has 0 aliphatic rings. The zero-order valence-corrected chi connectivity index (χ0v) is 17.1. The molecule has 0 atom stereocenters. The summed E-state index contributed by atoms with van der Waals surface area (Å²) in [4.78, 5) is 0. The van der Waals surface area contributed by atoms with E-state index >= 15 is 0 Å². The van der Waals surface area contributed by atoms with Crippen molar-refractivity contribution in [3.05, 3.63) is 57.6 Å². The minimum Gasteiger partial charge on any atom is -0.493 e. The van der Waals surface area contributed by atoms with E-state index in [1.54, 1.807) is 7.11 Å². The number of rotatable bonds is 11. The lowest BCUT2D eigenvalue weighted by Gasteiger charge is -2.15. The molecule has 142 valence electrons. The Hall–Kier alpha value is -1.56. The van der Waals surface area contributed by atoms with E-state index in [0.29, 0.717) is 6.61 Å². The number of aliphatic hydroxyl groups excluding tert-OH is 1. The minimum absolute atomic E-state index is 0.272. The van der Waals surface area contributed by atoms with Crippen molar-refractivity contribution in [1.82, 2.24) is 5.32 Å². The van der Waals surface area contributed by atoms with Gasteiger partial charge in [0.2, 0.25) is 0 Å². The highest BCUT2D eigenvalue weighted by molar-refractivity contribution is 9.10. The third kappa shape index (κ3) is 6.31. The molecule has 0 saturated heterocycles. The maximum Gasteiger partial charge on any atom is 0.175 e. The molecule has 0 amide bonds. The maximum absolute atomic E-state index is 8.80. The van der Waals surface area contributed by atoms with Crippen LogP contribution in [0.15, 0.2) is 40.9 Å². The first kappa shape index (κ1) is 20.7. The van der Waals surface area contributed by atoms with Gasteiger partial charge in [-0.25, -0.2) is 0 Å². The Kier molecular flexibility index (Phi) is 8.95. The van der Waals surface area contributed by atoms with Crippen LogP contribution in [-0.4, -0.2) is 25.4 Å². The predicted molar refractivity (Wildman–Crippen MR) is 109 cm³/mol. The van der Waals surface area contributed by atoms with Gasteiger partial charge in [0.05, 0.1) is 11.6 Å². The topological polar surface area (TPSA) is 50.7 Å².